The van der Waals surface area contributed by atoms with Crippen LogP contribution in [0.3, 0.4) is 0 Å². The predicted molar refractivity (Wildman–Crippen MR) is 58.4 cm³/mol. The molecule has 2 rings (SSSR count). The summed E-state index contributed by atoms with van der Waals surface area (Å²) in [6, 6.07) is 1.03. The van der Waals surface area contributed by atoms with Gasteiger partial charge < -0.3 is 0 Å². The molecule has 1 aromatic heterocycles. The summed E-state index contributed by atoms with van der Waals surface area (Å²) in [6.45, 7) is 0. The number of fused-ring (bicyclic) bond motifs is 1. The lowest BCUT2D eigenvalue weighted by Gasteiger charge is -2.11. The third-order valence-electron chi connectivity index (χ3n) is 2.24. The molecular formula is C9H5BrClF3N2. The Hall–Kier alpha value is -0.750. The summed E-state index contributed by atoms with van der Waals surface area (Å²) in [5, 5.41) is 4.38. The minimum Gasteiger partial charge on any atom is -0.268 e. The number of aryl methyl sites for hydroxylation is 1. The maximum Gasteiger partial charge on any atom is 0.417 e. The Labute approximate surface area is 102 Å². The van der Waals surface area contributed by atoms with Crippen molar-refractivity contribution in [2.24, 2.45) is 7.05 Å². The lowest BCUT2D eigenvalue weighted by atomic mass is 10.1. The molecule has 0 aliphatic heterocycles. The number of nitrogens with zero attached hydrogens (tertiary/aromatic N) is 2. The molecule has 0 spiro atoms. The van der Waals surface area contributed by atoms with Gasteiger partial charge in [0, 0.05) is 16.9 Å². The van der Waals surface area contributed by atoms with Crippen LogP contribution < -0.4 is 0 Å². The van der Waals surface area contributed by atoms with Crippen LogP contribution in [0.15, 0.2) is 16.7 Å². The number of rotatable bonds is 0. The Morgan fingerprint density at radius 1 is 1.44 bits per heavy atom. The van der Waals surface area contributed by atoms with Gasteiger partial charge in [-0.15, -0.1) is 0 Å². The molecule has 0 amide bonds. The lowest BCUT2D eigenvalue weighted by molar-refractivity contribution is -0.138. The van der Waals surface area contributed by atoms with E-state index in [4.69, 9.17) is 11.6 Å². The standard InChI is InChI=1S/C9H5BrClF3N2/c1-16-6-2-5(9(12,13)14)7(10)8(11)4(6)3-15-16/h2-3H,1H3. The van der Waals surface area contributed by atoms with E-state index in [2.05, 4.69) is 21.0 Å². The van der Waals surface area contributed by atoms with Crippen LogP contribution in [0.2, 0.25) is 5.02 Å². The molecule has 2 nitrogen and oxygen atoms in total. The van der Waals surface area contributed by atoms with Crippen molar-refractivity contribution in [2.75, 3.05) is 0 Å². The summed E-state index contributed by atoms with van der Waals surface area (Å²) in [4.78, 5) is 0. The zero-order chi connectivity index (χ0) is 12.1. The first-order valence-electron chi connectivity index (χ1n) is 4.19. The van der Waals surface area contributed by atoms with E-state index in [1.54, 1.807) is 7.05 Å². The Morgan fingerprint density at radius 3 is 2.62 bits per heavy atom. The monoisotopic (exact) mass is 312 g/mol. The number of halogens is 5. The van der Waals surface area contributed by atoms with Crippen molar-refractivity contribution in [3.8, 4) is 0 Å². The zero-order valence-corrected chi connectivity index (χ0v) is 10.3. The van der Waals surface area contributed by atoms with Crippen LogP contribution in [0.1, 0.15) is 5.56 Å². The summed E-state index contributed by atoms with van der Waals surface area (Å²) in [5.74, 6) is 0. The number of aromatic nitrogens is 2. The summed E-state index contributed by atoms with van der Waals surface area (Å²) < 4.78 is 39.2. The van der Waals surface area contributed by atoms with Crippen molar-refractivity contribution in [3.05, 3.63) is 27.3 Å². The van der Waals surface area contributed by atoms with E-state index in [0.29, 0.717) is 10.9 Å². The van der Waals surface area contributed by atoms with Crippen LogP contribution in [-0.4, -0.2) is 9.78 Å². The third kappa shape index (κ3) is 1.69. The molecule has 0 aliphatic rings. The minimum atomic E-state index is -4.44. The molecule has 0 radical (unpaired) electrons. The molecule has 0 bridgehead atoms. The van der Waals surface area contributed by atoms with Crippen molar-refractivity contribution in [2.45, 2.75) is 6.18 Å². The van der Waals surface area contributed by atoms with Crippen LogP contribution in [0.25, 0.3) is 10.9 Å². The molecule has 1 heterocycles. The average Bonchev–Trinajstić information content (AvgIpc) is 2.52. The zero-order valence-electron chi connectivity index (χ0n) is 7.94. The van der Waals surface area contributed by atoms with Gasteiger partial charge in [-0.3, -0.25) is 4.68 Å². The van der Waals surface area contributed by atoms with E-state index >= 15 is 0 Å². The SMILES string of the molecule is Cn1ncc2c(Cl)c(Br)c(C(F)(F)F)cc21. The predicted octanol–water partition coefficient (Wildman–Crippen LogP) is 4.01. The van der Waals surface area contributed by atoms with Crippen LogP contribution in [0.5, 0.6) is 0 Å². The molecule has 0 saturated carbocycles. The van der Waals surface area contributed by atoms with Gasteiger partial charge in [0.25, 0.3) is 0 Å². The van der Waals surface area contributed by atoms with Crippen molar-refractivity contribution < 1.29 is 13.2 Å². The highest BCUT2D eigenvalue weighted by atomic mass is 79.9. The smallest absolute Gasteiger partial charge is 0.268 e. The maximum absolute atomic E-state index is 12.7. The van der Waals surface area contributed by atoms with Gasteiger partial charge >= 0.3 is 6.18 Å². The van der Waals surface area contributed by atoms with Gasteiger partial charge in [0.1, 0.15) is 0 Å². The minimum absolute atomic E-state index is 0.0259. The Balaban J connectivity index is 2.87. The van der Waals surface area contributed by atoms with Gasteiger partial charge in [0.05, 0.1) is 22.3 Å². The van der Waals surface area contributed by atoms with E-state index in [1.165, 1.54) is 10.9 Å². The highest BCUT2D eigenvalue weighted by Gasteiger charge is 2.35. The van der Waals surface area contributed by atoms with Crippen LogP contribution >= 0.6 is 27.5 Å². The fourth-order valence-corrected chi connectivity index (χ4v) is 2.23. The summed E-state index contributed by atoms with van der Waals surface area (Å²) in [7, 11) is 1.56. The van der Waals surface area contributed by atoms with Gasteiger partial charge in [-0.05, 0) is 22.0 Å². The van der Waals surface area contributed by atoms with E-state index in [9.17, 15) is 13.2 Å². The quantitative estimate of drug-likeness (QED) is 0.718. The van der Waals surface area contributed by atoms with Crippen molar-refractivity contribution in [1.29, 1.82) is 0 Å². The highest BCUT2D eigenvalue weighted by molar-refractivity contribution is 9.10. The molecule has 7 heteroatoms. The fraction of sp³-hybridized carbons (Fsp3) is 0.222. The van der Waals surface area contributed by atoms with E-state index in [0.717, 1.165) is 6.07 Å². The van der Waals surface area contributed by atoms with Gasteiger partial charge in [0.2, 0.25) is 0 Å². The number of alkyl halides is 3. The molecule has 0 aliphatic carbocycles. The first-order chi connectivity index (χ1) is 7.32. The number of hydrogen-bond acceptors (Lipinski definition) is 1. The molecule has 0 saturated heterocycles. The van der Waals surface area contributed by atoms with Crippen molar-refractivity contribution >= 4 is 38.4 Å². The molecule has 2 aromatic rings. The maximum atomic E-state index is 12.7. The van der Waals surface area contributed by atoms with Gasteiger partial charge in [-0.2, -0.15) is 18.3 Å². The van der Waals surface area contributed by atoms with Crippen molar-refractivity contribution in [1.82, 2.24) is 9.78 Å². The molecule has 86 valence electrons. The van der Waals surface area contributed by atoms with Gasteiger partial charge in [-0.25, -0.2) is 0 Å². The normalized spacial score (nSPS) is 12.4. The van der Waals surface area contributed by atoms with E-state index < -0.39 is 11.7 Å². The molecule has 0 fully saturated rings. The second-order valence-corrected chi connectivity index (χ2v) is 4.42. The second-order valence-electron chi connectivity index (χ2n) is 3.25. The largest absolute Gasteiger partial charge is 0.417 e. The molecule has 16 heavy (non-hydrogen) atoms. The number of benzene rings is 1. The molecule has 1 aromatic carbocycles. The Morgan fingerprint density at radius 2 is 2.06 bits per heavy atom. The number of hydrogen-bond donors (Lipinski definition) is 0. The fourth-order valence-electron chi connectivity index (χ4n) is 1.43. The summed E-state index contributed by atoms with van der Waals surface area (Å²) in [5.41, 5.74) is -0.450. The Bertz CT molecular complexity index is 562. The van der Waals surface area contributed by atoms with Gasteiger partial charge in [0.15, 0.2) is 0 Å². The van der Waals surface area contributed by atoms with Crippen LogP contribution in [0.4, 0.5) is 13.2 Å². The molecular weight excluding hydrogens is 308 g/mol. The Kier molecular flexibility index (Phi) is 2.66. The second kappa shape index (κ2) is 3.63. The van der Waals surface area contributed by atoms with Crippen LogP contribution in [-0.2, 0) is 13.2 Å². The lowest BCUT2D eigenvalue weighted by Crippen LogP contribution is -2.06. The first-order valence-corrected chi connectivity index (χ1v) is 5.36. The molecule has 0 N–H and O–H groups in total. The van der Waals surface area contributed by atoms with Crippen molar-refractivity contribution in [3.63, 3.8) is 0 Å². The third-order valence-corrected chi connectivity index (χ3v) is 3.68. The van der Waals surface area contributed by atoms with E-state index in [1.807, 2.05) is 0 Å². The van der Waals surface area contributed by atoms with E-state index in [-0.39, 0.29) is 9.50 Å². The molecule has 0 unspecified atom stereocenters. The molecule has 0 atom stereocenters. The van der Waals surface area contributed by atoms with Gasteiger partial charge in [-0.1, -0.05) is 11.6 Å². The van der Waals surface area contributed by atoms with Crippen LogP contribution in [0, 0.1) is 0 Å². The average molecular weight is 314 g/mol. The summed E-state index contributed by atoms with van der Waals surface area (Å²) >= 11 is 8.71. The highest BCUT2D eigenvalue weighted by Crippen LogP contribution is 2.41. The summed E-state index contributed by atoms with van der Waals surface area (Å²) in [6.07, 6.45) is -3.01. The topological polar surface area (TPSA) is 17.8 Å². The first kappa shape index (κ1) is 11.7.